The average molecular weight is 431 g/mol. The molecule has 0 amide bonds. The highest BCUT2D eigenvalue weighted by Crippen LogP contribution is 2.43. The zero-order chi connectivity index (χ0) is 19.1. The molecular weight excluding hydrogens is 400 g/mol. The Morgan fingerprint density at radius 2 is 1.76 bits per heavy atom. The number of hydrogen-bond acceptors (Lipinski definition) is 4. The smallest absolute Gasteiger partial charge is 0.161 e. The zero-order valence-electron chi connectivity index (χ0n) is 17.3. The van der Waals surface area contributed by atoms with Gasteiger partial charge in [-0.05, 0) is 99.7 Å². The molecule has 2 aliphatic heterocycles. The van der Waals surface area contributed by atoms with Crippen molar-refractivity contribution in [3.8, 4) is 0 Å². The second kappa shape index (κ2) is 8.41. The normalized spacial score (nSPS) is 24.0. The fraction of sp³-hybridized carbons (Fsp3) is 0.542. The molecule has 3 aliphatic rings. The quantitative estimate of drug-likeness (QED) is 0.682. The molecule has 3 nitrogen and oxygen atoms in total. The molecule has 1 aliphatic carbocycles. The van der Waals surface area contributed by atoms with Crippen LogP contribution >= 0.6 is 23.7 Å². The summed E-state index contributed by atoms with van der Waals surface area (Å²) in [7, 11) is 0. The summed E-state index contributed by atoms with van der Waals surface area (Å²) >= 11 is 1.83. The number of Topliss-reactive ketones (excluding diaryl/α,β-unsaturated/α-hetero) is 1. The maximum atomic E-state index is 13.4. The first-order valence-electron chi connectivity index (χ1n) is 10.9. The number of fused-ring (bicyclic) bond motifs is 2. The molecule has 29 heavy (non-hydrogen) atoms. The average Bonchev–Trinajstić information content (AvgIpc) is 3.39. The van der Waals surface area contributed by atoms with Crippen molar-refractivity contribution in [3.63, 3.8) is 0 Å². The Morgan fingerprint density at radius 1 is 1.00 bits per heavy atom. The molecule has 1 atom stereocenters. The Kier molecular flexibility index (Phi) is 6.06. The predicted molar refractivity (Wildman–Crippen MR) is 124 cm³/mol. The van der Waals surface area contributed by atoms with E-state index >= 15 is 0 Å². The second-order valence-electron chi connectivity index (χ2n) is 8.72. The SMILES string of the molecule is CC(=O)C1(CN2CCCC2)c2ccsc2CCN1c1ccc2c(c1)CCCC2.Cl. The molecule has 156 valence electrons. The molecular formula is C24H31ClN2OS. The fourth-order valence-corrected chi connectivity index (χ4v) is 6.56. The lowest BCUT2D eigenvalue weighted by Gasteiger charge is -2.49. The van der Waals surface area contributed by atoms with E-state index in [9.17, 15) is 4.79 Å². The van der Waals surface area contributed by atoms with Gasteiger partial charge >= 0.3 is 0 Å². The maximum absolute atomic E-state index is 13.4. The van der Waals surface area contributed by atoms with Gasteiger partial charge in [0.05, 0.1) is 0 Å². The number of aryl methyl sites for hydroxylation is 2. The number of halogens is 1. The van der Waals surface area contributed by atoms with Crippen molar-refractivity contribution in [1.82, 2.24) is 4.90 Å². The summed E-state index contributed by atoms with van der Waals surface area (Å²) in [4.78, 5) is 19.8. The molecule has 0 saturated carbocycles. The van der Waals surface area contributed by atoms with E-state index in [4.69, 9.17) is 0 Å². The van der Waals surface area contributed by atoms with Crippen LogP contribution in [0.5, 0.6) is 0 Å². The summed E-state index contributed by atoms with van der Waals surface area (Å²) in [5.41, 5.74) is 4.98. The Bertz CT molecular complexity index is 889. The number of carbonyl (C=O) groups excluding carboxylic acids is 1. The summed E-state index contributed by atoms with van der Waals surface area (Å²) in [6.45, 7) is 5.80. The molecule has 3 heterocycles. The van der Waals surface area contributed by atoms with Gasteiger partial charge in [0.15, 0.2) is 5.78 Å². The van der Waals surface area contributed by atoms with Crippen LogP contribution in [-0.2, 0) is 29.6 Å². The Morgan fingerprint density at radius 3 is 2.52 bits per heavy atom. The molecule has 1 saturated heterocycles. The molecule has 1 aromatic heterocycles. The third-order valence-electron chi connectivity index (χ3n) is 7.09. The van der Waals surface area contributed by atoms with Gasteiger partial charge in [0.25, 0.3) is 0 Å². The van der Waals surface area contributed by atoms with Crippen LogP contribution < -0.4 is 4.90 Å². The minimum atomic E-state index is -0.541. The largest absolute Gasteiger partial charge is 0.354 e. The van der Waals surface area contributed by atoms with Crippen molar-refractivity contribution in [3.05, 3.63) is 51.2 Å². The van der Waals surface area contributed by atoms with Crippen molar-refractivity contribution >= 4 is 35.2 Å². The minimum absolute atomic E-state index is 0. The first kappa shape index (κ1) is 20.9. The molecule has 0 spiro atoms. The molecule has 0 radical (unpaired) electrons. The van der Waals surface area contributed by atoms with Crippen LogP contribution in [-0.4, -0.2) is 36.9 Å². The van der Waals surface area contributed by atoms with Gasteiger partial charge in [0.1, 0.15) is 5.54 Å². The van der Waals surface area contributed by atoms with Gasteiger partial charge in [0, 0.05) is 29.2 Å². The van der Waals surface area contributed by atoms with E-state index < -0.39 is 5.54 Å². The first-order valence-corrected chi connectivity index (χ1v) is 11.8. The van der Waals surface area contributed by atoms with Gasteiger partial charge < -0.3 is 9.80 Å². The van der Waals surface area contributed by atoms with Gasteiger partial charge in [0.2, 0.25) is 0 Å². The Balaban J connectivity index is 0.00000205. The van der Waals surface area contributed by atoms with E-state index in [0.717, 1.165) is 32.6 Å². The van der Waals surface area contributed by atoms with Gasteiger partial charge in [-0.1, -0.05) is 6.07 Å². The van der Waals surface area contributed by atoms with E-state index in [1.165, 1.54) is 65.8 Å². The number of rotatable bonds is 4. The van der Waals surface area contributed by atoms with Crippen LogP contribution in [0.15, 0.2) is 29.6 Å². The van der Waals surface area contributed by atoms with Crippen LogP contribution in [0.2, 0.25) is 0 Å². The van der Waals surface area contributed by atoms with E-state index in [1.807, 2.05) is 18.3 Å². The lowest BCUT2D eigenvalue weighted by molar-refractivity contribution is -0.123. The van der Waals surface area contributed by atoms with Gasteiger partial charge in [-0.15, -0.1) is 23.7 Å². The van der Waals surface area contributed by atoms with Crippen LogP contribution in [0.3, 0.4) is 0 Å². The van der Waals surface area contributed by atoms with E-state index in [0.29, 0.717) is 0 Å². The summed E-state index contributed by atoms with van der Waals surface area (Å²) in [5, 5.41) is 2.18. The van der Waals surface area contributed by atoms with Crippen LogP contribution in [0, 0.1) is 0 Å². The van der Waals surface area contributed by atoms with E-state index in [-0.39, 0.29) is 18.2 Å². The molecule has 0 bridgehead atoms. The Hall–Kier alpha value is -1.36. The minimum Gasteiger partial charge on any atom is -0.354 e. The first-order chi connectivity index (χ1) is 13.7. The predicted octanol–water partition coefficient (Wildman–Crippen LogP) is 4.99. The van der Waals surface area contributed by atoms with Crippen molar-refractivity contribution in [2.75, 3.05) is 31.1 Å². The van der Waals surface area contributed by atoms with Gasteiger partial charge in [-0.2, -0.15) is 0 Å². The lowest BCUT2D eigenvalue weighted by atomic mass is 9.79. The number of hydrogen-bond donors (Lipinski definition) is 0. The van der Waals surface area contributed by atoms with Gasteiger partial charge in [-0.3, -0.25) is 4.79 Å². The number of nitrogens with zero attached hydrogens (tertiary/aromatic N) is 2. The zero-order valence-corrected chi connectivity index (χ0v) is 18.9. The fourth-order valence-electron chi connectivity index (χ4n) is 5.62. The van der Waals surface area contributed by atoms with Gasteiger partial charge in [-0.25, -0.2) is 0 Å². The standard InChI is InChI=1S/C24H30N2OS.ClH/c1-18(27)24(17-25-12-4-5-13-25)22-11-15-28-23(22)10-14-26(24)21-9-8-19-6-2-3-7-20(19)16-21;/h8-9,11,15-16H,2-7,10,12-14,17H2,1H3;1H. The summed E-state index contributed by atoms with van der Waals surface area (Å²) in [5.74, 6) is 0.288. The van der Waals surface area contributed by atoms with Crippen molar-refractivity contribution in [1.29, 1.82) is 0 Å². The number of thiophene rings is 1. The lowest BCUT2D eigenvalue weighted by Crippen LogP contribution is -2.60. The summed E-state index contributed by atoms with van der Waals surface area (Å²) in [6.07, 6.45) is 8.53. The summed E-state index contributed by atoms with van der Waals surface area (Å²) in [6, 6.07) is 9.23. The third kappa shape index (κ3) is 3.54. The molecule has 1 fully saturated rings. The number of benzene rings is 1. The molecule has 1 unspecified atom stereocenters. The number of carbonyl (C=O) groups is 1. The highest BCUT2D eigenvalue weighted by molar-refractivity contribution is 7.10. The summed E-state index contributed by atoms with van der Waals surface area (Å²) < 4.78 is 0. The van der Waals surface area contributed by atoms with Crippen LogP contribution in [0.1, 0.15) is 54.2 Å². The molecule has 0 N–H and O–H groups in total. The number of likely N-dealkylation sites (tertiary alicyclic amines) is 1. The highest BCUT2D eigenvalue weighted by atomic mass is 35.5. The van der Waals surface area contributed by atoms with Crippen LogP contribution in [0.25, 0.3) is 0 Å². The Labute approximate surface area is 184 Å². The number of anilines is 1. The molecule has 5 heteroatoms. The monoisotopic (exact) mass is 430 g/mol. The maximum Gasteiger partial charge on any atom is 0.161 e. The number of ketones is 1. The van der Waals surface area contributed by atoms with Crippen molar-refractivity contribution < 1.29 is 4.79 Å². The van der Waals surface area contributed by atoms with Crippen molar-refractivity contribution in [2.45, 2.75) is 57.4 Å². The topological polar surface area (TPSA) is 23.6 Å². The third-order valence-corrected chi connectivity index (χ3v) is 8.07. The second-order valence-corrected chi connectivity index (χ2v) is 9.72. The molecule has 2 aromatic rings. The van der Waals surface area contributed by atoms with E-state index in [1.54, 1.807) is 0 Å². The van der Waals surface area contributed by atoms with E-state index in [2.05, 4.69) is 39.4 Å². The molecule has 5 rings (SSSR count). The molecule has 1 aromatic carbocycles. The van der Waals surface area contributed by atoms with Crippen molar-refractivity contribution in [2.24, 2.45) is 0 Å². The van der Waals surface area contributed by atoms with Crippen LogP contribution in [0.4, 0.5) is 5.69 Å². The highest BCUT2D eigenvalue weighted by Gasteiger charge is 2.48.